The molecule has 41 heavy (non-hydrogen) atoms. The van der Waals surface area contributed by atoms with Crippen LogP contribution in [-0.4, -0.2) is 54.3 Å². The van der Waals surface area contributed by atoms with Gasteiger partial charge in [-0.3, -0.25) is 9.59 Å². The van der Waals surface area contributed by atoms with E-state index in [2.05, 4.69) is 10.6 Å². The number of aliphatic carboxylic acids is 1. The highest BCUT2D eigenvalue weighted by Crippen LogP contribution is 2.44. The fraction of sp³-hybridized carbons (Fsp3) is 0.250. The third-order valence-corrected chi connectivity index (χ3v) is 6.77. The lowest BCUT2D eigenvalue weighted by Crippen LogP contribution is -2.52. The van der Waals surface area contributed by atoms with Gasteiger partial charge >= 0.3 is 18.0 Å². The van der Waals surface area contributed by atoms with Gasteiger partial charge in [0.1, 0.15) is 25.3 Å². The molecule has 9 heteroatoms. The summed E-state index contributed by atoms with van der Waals surface area (Å²) in [5.74, 6) is -2.50. The first kappa shape index (κ1) is 29.1. The van der Waals surface area contributed by atoms with E-state index in [4.69, 9.17) is 9.47 Å². The van der Waals surface area contributed by atoms with Crippen LogP contribution in [0.3, 0.4) is 0 Å². The van der Waals surface area contributed by atoms with Crippen molar-refractivity contribution in [3.63, 3.8) is 0 Å². The van der Waals surface area contributed by atoms with Crippen LogP contribution >= 0.6 is 0 Å². The van der Waals surface area contributed by atoms with Gasteiger partial charge in [0.25, 0.3) is 0 Å². The number of hydrogen-bond acceptors (Lipinski definition) is 6. The molecule has 1 aliphatic rings. The fourth-order valence-electron chi connectivity index (χ4n) is 4.80. The van der Waals surface area contributed by atoms with Gasteiger partial charge in [0.05, 0.1) is 0 Å². The van der Waals surface area contributed by atoms with E-state index in [9.17, 15) is 24.3 Å². The lowest BCUT2D eigenvalue weighted by atomic mass is 9.98. The summed E-state index contributed by atoms with van der Waals surface area (Å²) in [5, 5.41) is 14.8. The van der Waals surface area contributed by atoms with Crippen LogP contribution < -0.4 is 10.6 Å². The number of carboxylic acids is 1. The molecule has 3 aromatic rings. The largest absolute Gasteiger partial charge is 0.480 e. The number of alkyl carbamates (subject to hydrolysis) is 1. The molecular formula is C32H32N2O7. The fourth-order valence-corrected chi connectivity index (χ4v) is 4.80. The Bertz CT molecular complexity index is 1370. The van der Waals surface area contributed by atoms with Gasteiger partial charge in [0, 0.05) is 19.3 Å². The Balaban J connectivity index is 1.43. The average Bonchev–Trinajstić information content (AvgIpc) is 3.28. The number of carbonyl (C=O) groups is 4. The molecule has 1 aliphatic carbocycles. The number of esters is 1. The Morgan fingerprint density at radius 1 is 0.805 bits per heavy atom. The van der Waals surface area contributed by atoms with Gasteiger partial charge < -0.3 is 25.2 Å². The summed E-state index contributed by atoms with van der Waals surface area (Å²) in [5.41, 5.74) is 5.02. The molecule has 0 aromatic heterocycles. The monoisotopic (exact) mass is 556 g/mol. The quantitative estimate of drug-likeness (QED) is 0.225. The molecule has 0 heterocycles. The van der Waals surface area contributed by atoms with E-state index < -0.39 is 36.0 Å². The highest BCUT2D eigenvalue weighted by molar-refractivity contribution is 5.89. The Hall–Kier alpha value is -4.92. The second-order valence-electron chi connectivity index (χ2n) is 9.62. The SMILES string of the molecule is CC(=O)OC/C=C/C[C@H](NC(=O)OCC1c2ccccc2-c2ccccc21)C(=O)N[C@@H](Cc1ccccc1)C(=O)O. The van der Waals surface area contributed by atoms with Crippen molar-refractivity contribution in [2.75, 3.05) is 13.2 Å². The predicted octanol–water partition coefficient (Wildman–Crippen LogP) is 4.22. The summed E-state index contributed by atoms with van der Waals surface area (Å²) >= 11 is 0. The zero-order chi connectivity index (χ0) is 29.2. The second-order valence-corrected chi connectivity index (χ2v) is 9.62. The Labute approximate surface area is 238 Å². The van der Waals surface area contributed by atoms with E-state index in [-0.39, 0.29) is 32.0 Å². The number of amides is 2. The predicted molar refractivity (Wildman–Crippen MR) is 152 cm³/mol. The lowest BCUT2D eigenvalue weighted by molar-refractivity contribution is -0.142. The molecule has 9 nitrogen and oxygen atoms in total. The number of hydrogen-bond donors (Lipinski definition) is 3. The van der Waals surface area contributed by atoms with Gasteiger partial charge in [-0.1, -0.05) is 91.0 Å². The minimum absolute atomic E-state index is 0.000372. The van der Waals surface area contributed by atoms with Gasteiger partial charge in [-0.2, -0.15) is 0 Å². The summed E-state index contributed by atoms with van der Waals surface area (Å²) in [6.07, 6.45) is 2.40. The van der Waals surface area contributed by atoms with Crippen molar-refractivity contribution in [3.8, 4) is 11.1 Å². The smallest absolute Gasteiger partial charge is 0.407 e. The lowest BCUT2D eigenvalue weighted by Gasteiger charge is -2.21. The topological polar surface area (TPSA) is 131 Å². The van der Waals surface area contributed by atoms with E-state index in [1.54, 1.807) is 36.4 Å². The molecule has 0 fully saturated rings. The van der Waals surface area contributed by atoms with Crippen molar-refractivity contribution in [1.82, 2.24) is 10.6 Å². The van der Waals surface area contributed by atoms with Crippen molar-refractivity contribution >= 4 is 23.9 Å². The number of benzene rings is 3. The molecular weight excluding hydrogens is 524 g/mol. The third kappa shape index (κ3) is 7.82. The van der Waals surface area contributed by atoms with E-state index in [1.807, 2.05) is 54.6 Å². The van der Waals surface area contributed by atoms with Crippen molar-refractivity contribution < 1.29 is 33.8 Å². The molecule has 212 valence electrons. The van der Waals surface area contributed by atoms with Crippen molar-refractivity contribution in [1.29, 1.82) is 0 Å². The van der Waals surface area contributed by atoms with Gasteiger partial charge in [-0.05, 0) is 34.2 Å². The summed E-state index contributed by atoms with van der Waals surface area (Å²) in [6, 6.07) is 22.5. The molecule has 0 bridgehead atoms. The average molecular weight is 557 g/mol. The molecule has 3 aromatic carbocycles. The number of rotatable bonds is 12. The molecule has 0 spiro atoms. The van der Waals surface area contributed by atoms with Crippen LogP contribution in [0.2, 0.25) is 0 Å². The Kier molecular flexibility index (Phi) is 9.88. The van der Waals surface area contributed by atoms with Crippen LogP contribution in [0.4, 0.5) is 4.79 Å². The molecule has 0 saturated heterocycles. The van der Waals surface area contributed by atoms with Crippen LogP contribution in [-0.2, 0) is 30.3 Å². The van der Waals surface area contributed by atoms with Crippen LogP contribution in [0.5, 0.6) is 0 Å². The zero-order valence-corrected chi connectivity index (χ0v) is 22.6. The summed E-state index contributed by atoms with van der Waals surface area (Å²) in [6.45, 7) is 1.34. The van der Waals surface area contributed by atoms with Gasteiger partial charge in [-0.25, -0.2) is 9.59 Å². The minimum Gasteiger partial charge on any atom is -0.480 e. The molecule has 4 rings (SSSR count). The molecule has 0 unspecified atom stereocenters. The van der Waals surface area contributed by atoms with Crippen LogP contribution in [0, 0.1) is 0 Å². The van der Waals surface area contributed by atoms with E-state index in [0.29, 0.717) is 0 Å². The molecule has 0 aliphatic heterocycles. The maximum Gasteiger partial charge on any atom is 0.407 e. The number of carboxylic acid groups (broad SMARTS) is 1. The van der Waals surface area contributed by atoms with E-state index in [0.717, 1.165) is 27.8 Å². The first-order chi connectivity index (χ1) is 19.8. The number of nitrogens with one attached hydrogen (secondary N) is 2. The second kappa shape index (κ2) is 13.9. The summed E-state index contributed by atoms with van der Waals surface area (Å²) in [4.78, 5) is 49.0. The molecule has 3 N–H and O–H groups in total. The first-order valence-corrected chi connectivity index (χ1v) is 13.3. The zero-order valence-electron chi connectivity index (χ0n) is 22.6. The number of carbonyl (C=O) groups excluding carboxylic acids is 3. The third-order valence-electron chi connectivity index (χ3n) is 6.77. The summed E-state index contributed by atoms with van der Waals surface area (Å²) < 4.78 is 10.5. The van der Waals surface area contributed by atoms with Gasteiger partial charge in [-0.15, -0.1) is 0 Å². The molecule has 0 saturated carbocycles. The maximum atomic E-state index is 13.2. The van der Waals surface area contributed by atoms with Crippen molar-refractivity contribution in [2.45, 2.75) is 37.8 Å². The van der Waals surface area contributed by atoms with Crippen LogP contribution in [0.1, 0.15) is 36.0 Å². The number of fused-ring (bicyclic) bond motifs is 3. The number of ether oxygens (including phenoxy) is 2. The van der Waals surface area contributed by atoms with Crippen LogP contribution in [0.25, 0.3) is 11.1 Å². The van der Waals surface area contributed by atoms with Crippen molar-refractivity contribution in [3.05, 3.63) is 108 Å². The highest BCUT2D eigenvalue weighted by Gasteiger charge is 2.30. The molecule has 2 amide bonds. The van der Waals surface area contributed by atoms with E-state index in [1.165, 1.54) is 6.92 Å². The first-order valence-electron chi connectivity index (χ1n) is 13.3. The highest BCUT2D eigenvalue weighted by atomic mass is 16.5. The summed E-state index contributed by atoms with van der Waals surface area (Å²) in [7, 11) is 0. The standard InChI is InChI=1S/C32H32N2O7/c1-21(35)40-18-10-9-17-28(30(36)33-29(31(37)38)19-22-11-3-2-4-12-22)34-32(39)41-20-27-25-15-7-5-13-23(25)24-14-6-8-16-26(24)27/h2-16,27-29H,17-20H2,1H3,(H,33,36)(H,34,39)(H,37,38)/b10-9+/t28-,29-/m0/s1. The van der Waals surface area contributed by atoms with Crippen molar-refractivity contribution in [2.24, 2.45) is 0 Å². The van der Waals surface area contributed by atoms with E-state index >= 15 is 0 Å². The van der Waals surface area contributed by atoms with Gasteiger partial charge in [0.2, 0.25) is 5.91 Å². The minimum atomic E-state index is -1.21. The molecule has 2 atom stereocenters. The van der Waals surface area contributed by atoms with Crippen LogP contribution in [0.15, 0.2) is 91.0 Å². The Morgan fingerprint density at radius 3 is 2.02 bits per heavy atom. The normalized spacial score (nSPS) is 13.5. The Morgan fingerprint density at radius 2 is 1.41 bits per heavy atom. The van der Waals surface area contributed by atoms with Gasteiger partial charge in [0.15, 0.2) is 0 Å². The maximum absolute atomic E-state index is 13.2. The molecule has 0 radical (unpaired) electrons.